The maximum Gasteiger partial charge on any atom is 0.337 e. The Morgan fingerprint density at radius 3 is 2.55 bits per heavy atom. The van der Waals surface area contributed by atoms with Crippen LogP contribution < -0.4 is 5.56 Å². The monoisotopic (exact) mass is 266 g/mol. The average molecular weight is 266 g/mol. The summed E-state index contributed by atoms with van der Waals surface area (Å²) in [6.07, 6.45) is 1.55. The molecule has 0 aliphatic heterocycles. The second-order valence-electron chi connectivity index (χ2n) is 4.27. The number of carboxylic acid groups (broad SMARTS) is 1. The largest absolute Gasteiger partial charge is 0.478 e. The summed E-state index contributed by atoms with van der Waals surface area (Å²) in [5.74, 6) is -1.09. The molecule has 0 aliphatic rings. The van der Waals surface area contributed by atoms with Crippen LogP contribution in [0.4, 0.5) is 0 Å². The molecule has 0 bridgehead atoms. The molecule has 1 aromatic heterocycles. The number of carbonyl (C=O) groups is 1. The van der Waals surface area contributed by atoms with Gasteiger partial charge in [-0.2, -0.15) is 9.78 Å². The van der Waals surface area contributed by atoms with Crippen LogP contribution in [-0.4, -0.2) is 20.9 Å². The van der Waals surface area contributed by atoms with Crippen LogP contribution in [0.2, 0.25) is 0 Å². The number of para-hydroxylation sites is 1. The van der Waals surface area contributed by atoms with Gasteiger partial charge in [0, 0.05) is 5.39 Å². The first-order chi connectivity index (χ1) is 9.68. The Morgan fingerprint density at radius 1 is 1.05 bits per heavy atom. The highest BCUT2D eigenvalue weighted by Crippen LogP contribution is 2.14. The predicted molar refractivity (Wildman–Crippen MR) is 74.3 cm³/mol. The molecule has 0 atom stereocenters. The number of rotatable bonds is 2. The SMILES string of the molecule is O=C(O)c1ccccc1-n1ncc2ccccc2c1=O. The van der Waals surface area contributed by atoms with Crippen molar-refractivity contribution in [3.63, 3.8) is 0 Å². The van der Waals surface area contributed by atoms with Gasteiger partial charge in [0.05, 0.1) is 22.8 Å². The molecule has 3 aromatic rings. The van der Waals surface area contributed by atoms with Crippen LogP contribution in [-0.2, 0) is 0 Å². The zero-order valence-electron chi connectivity index (χ0n) is 10.4. The summed E-state index contributed by atoms with van der Waals surface area (Å²) in [6, 6.07) is 13.4. The number of benzene rings is 2. The summed E-state index contributed by atoms with van der Waals surface area (Å²) in [5, 5.41) is 14.5. The minimum absolute atomic E-state index is 0.0392. The van der Waals surface area contributed by atoms with Crippen LogP contribution >= 0.6 is 0 Å². The third-order valence-corrected chi connectivity index (χ3v) is 3.06. The number of nitrogens with zero attached hydrogens (tertiary/aromatic N) is 2. The van der Waals surface area contributed by atoms with Crippen molar-refractivity contribution < 1.29 is 9.90 Å². The van der Waals surface area contributed by atoms with Crippen molar-refractivity contribution in [2.24, 2.45) is 0 Å². The van der Waals surface area contributed by atoms with Crippen molar-refractivity contribution >= 4 is 16.7 Å². The van der Waals surface area contributed by atoms with Gasteiger partial charge in [0.1, 0.15) is 0 Å². The van der Waals surface area contributed by atoms with Gasteiger partial charge < -0.3 is 5.11 Å². The van der Waals surface area contributed by atoms with Crippen molar-refractivity contribution in [2.75, 3.05) is 0 Å². The van der Waals surface area contributed by atoms with E-state index in [0.29, 0.717) is 5.39 Å². The molecular weight excluding hydrogens is 256 g/mol. The first kappa shape index (κ1) is 12.1. The zero-order chi connectivity index (χ0) is 14.1. The van der Waals surface area contributed by atoms with Gasteiger partial charge in [-0.25, -0.2) is 4.79 Å². The predicted octanol–water partition coefficient (Wildman–Crippen LogP) is 2.08. The average Bonchev–Trinajstić information content (AvgIpc) is 2.48. The smallest absolute Gasteiger partial charge is 0.337 e. The summed E-state index contributed by atoms with van der Waals surface area (Å²) in [6.45, 7) is 0. The van der Waals surface area contributed by atoms with Gasteiger partial charge in [-0.15, -0.1) is 0 Å². The Kier molecular flexibility index (Phi) is 2.80. The third-order valence-electron chi connectivity index (χ3n) is 3.06. The molecule has 0 radical (unpaired) electrons. The highest BCUT2D eigenvalue weighted by molar-refractivity contribution is 5.92. The van der Waals surface area contributed by atoms with E-state index in [1.807, 2.05) is 6.07 Å². The second-order valence-corrected chi connectivity index (χ2v) is 4.27. The number of hydrogen-bond donors (Lipinski definition) is 1. The van der Waals surface area contributed by atoms with Crippen molar-refractivity contribution in [1.82, 2.24) is 9.78 Å². The molecule has 0 spiro atoms. The Labute approximate surface area is 113 Å². The molecule has 0 aliphatic carbocycles. The van der Waals surface area contributed by atoms with Crippen molar-refractivity contribution in [1.29, 1.82) is 0 Å². The van der Waals surface area contributed by atoms with E-state index < -0.39 is 5.97 Å². The van der Waals surface area contributed by atoms with E-state index in [9.17, 15) is 14.7 Å². The molecule has 2 aromatic carbocycles. The fraction of sp³-hybridized carbons (Fsp3) is 0. The molecule has 20 heavy (non-hydrogen) atoms. The van der Waals surface area contributed by atoms with Crippen LogP contribution in [0.15, 0.2) is 59.5 Å². The van der Waals surface area contributed by atoms with Crippen molar-refractivity contribution in [3.8, 4) is 5.69 Å². The lowest BCUT2D eigenvalue weighted by molar-refractivity contribution is 0.0696. The quantitative estimate of drug-likeness (QED) is 0.770. The Morgan fingerprint density at radius 2 is 1.75 bits per heavy atom. The van der Waals surface area contributed by atoms with Gasteiger partial charge in [-0.05, 0) is 18.2 Å². The zero-order valence-corrected chi connectivity index (χ0v) is 10.4. The number of aromatic carboxylic acids is 1. The van der Waals surface area contributed by atoms with E-state index in [1.165, 1.54) is 6.07 Å². The van der Waals surface area contributed by atoms with Crippen LogP contribution in [0.25, 0.3) is 16.5 Å². The van der Waals surface area contributed by atoms with Gasteiger partial charge in [0.25, 0.3) is 5.56 Å². The van der Waals surface area contributed by atoms with E-state index in [-0.39, 0.29) is 16.8 Å². The van der Waals surface area contributed by atoms with Gasteiger partial charge in [0.2, 0.25) is 0 Å². The summed E-state index contributed by atoms with van der Waals surface area (Å²) in [7, 11) is 0. The normalized spacial score (nSPS) is 10.6. The minimum Gasteiger partial charge on any atom is -0.478 e. The first-order valence-electron chi connectivity index (χ1n) is 5.98. The molecule has 0 unspecified atom stereocenters. The van der Waals surface area contributed by atoms with Crippen LogP contribution in [0.1, 0.15) is 10.4 Å². The third kappa shape index (κ3) is 1.85. The molecule has 1 heterocycles. The van der Waals surface area contributed by atoms with Crippen molar-refractivity contribution in [3.05, 3.63) is 70.6 Å². The molecule has 0 amide bonds. The lowest BCUT2D eigenvalue weighted by Gasteiger charge is -2.08. The fourth-order valence-corrected chi connectivity index (χ4v) is 2.10. The Hall–Kier alpha value is -2.95. The van der Waals surface area contributed by atoms with E-state index in [4.69, 9.17) is 0 Å². The van der Waals surface area contributed by atoms with Gasteiger partial charge >= 0.3 is 5.97 Å². The van der Waals surface area contributed by atoms with Gasteiger partial charge in [0.15, 0.2) is 0 Å². The summed E-state index contributed by atoms with van der Waals surface area (Å²) in [4.78, 5) is 23.6. The molecule has 1 N–H and O–H groups in total. The van der Waals surface area contributed by atoms with Crippen LogP contribution in [0, 0.1) is 0 Å². The maximum atomic E-state index is 12.4. The number of hydrogen-bond acceptors (Lipinski definition) is 3. The Balaban J connectivity index is 2.34. The first-order valence-corrected chi connectivity index (χ1v) is 5.98. The van der Waals surface area contributed by atoms with Gasteiger partial charge in [-0.1, -0.05) is 30.3 Å². The molecule has 0 saturated heterocycles. The topological polar surface area (TPSA) is 72.2 Å². The number of aromatic nitrogens is 2. The fourth-order valence-electron chi connectivity index (χ4n) is 2.10. The number of carboxylic acids is 1. The van der Waals surface area contributed by atoms with Crippen LogP contribution in [0.5, 0.6) is 0 Å². The summed E-state index contributed by atoms with van der Waals surface area (Å²) in [5.41, 5.74) is -0.0371. The lowest BCUT2D eigenvalue weighted by atomic mass is 10.1. The summed E-state index contributed by atoms with van der Waals surface area (Å²) < 4.78 is 1.12. The van der Waals surface area contributed by atoms with E-state index in [1.54, 1.807) is 42.6 Å². The highest BCUT2D eigenvalue weighted by atomic mass is 16.4. The molecule has 5 nitrogen and oxygen atoms in total. The molecule has 0 saturated carbocycles. The molecule has 3 rings (SSSR count). The molecule has 5 heteroatoms. The van der Waals surface area contributed by atoms with E-state index in [2.05, 4.69) is 5.10 Å². The highest BCUT2D eigenvalue weighted by Gasteiger charge is 2.13. The van der Waals surface area contributed by atoms with Crippen molar-refractivity contribution in [2.45, 2.75) is 0 Å². The number of fused-ring (bicyclic) bond motifs is 1. The van der Waals surface area contributed by atoms with Gasteiger partial charge in [-0.3, -0.25) is 4.79 Å². The molecule has 0 fully saturated rings. The molecular formula is C15H10N2O3. The maximum absolute atomic E-state index is 12.4. The standard InChI is InChI=1S/C15H10N2O3/c18-14-11-6-2-1-5-10(11)9-16-17(14)13-8-4-3-7-12(13)15(19)20/h1-9H,(H,19,20). The van der Waals surface area contributed by atoms with Crippen LogP contribution in [0.3, 0.4) is 0 Å². The molecule has 98 valence electrons. The van der Waals surface area contributed by atoms with E-state index >= 15 is 0 Å². The lowest BCUT2D eigenvalue weighted by Crippen LogP contribution is -2.22. The summed E-state index contributed by atoms with van der Waals surface area (Å²) >= 11 is 0. The van der Waals surface area contributed by atoms with E-state index in [0.717, 1.165) is 10.1 Å². The second kappa shape index (κ2) is 4.62. The minimum atomic E-state index is -1.09. The Bertz CT molecular complexity index is 868.